The zero-order valence-corrected chi connectivity index (χ0v) is 24.7. The molecule has 0 fully saturated rings. The quantitative estimate of drug-likeness (QED) is 0.183. The molecule has 0 heterocycles. The molecule has 38 heavy (non-hydrogen) atoms. The standard InChI is InChI=1S/C30H37ClNO4PS/c1-4-17-30(32,19-20-37(33,34-2)35-3)18-9-12-25-15-16-28(22-29(25)31)38-27-14-8-13-26(21-27)36-23-24-10-6-5-7-11-24/h5-8,10-11,13-16,19-22H,4,9,12,17-18,23,32H2,1-3H3/b20-19+. The predicted molar refractivity (Wildman–Crippen MR) is 158 cm³/mol. The van der Waals surface area contributed by atoms with E-state index in [2.05, 4.69) is 37.3 Å². The molecule has 0 aliphatic rings. The van der Waals surface area contributed by atoms with Crippen molar-refractivity contribution in [2.45, 2.75) is 61.0 Å². The molecule has 0 saturated carbocycles. The highest BCUT2D eigenvalue weighted by atomic mass is 35.5. The molecule has 3 rings (SSSR count). The molecule has 1 unspecified atom stereocenters. The van der Waals surface area contributed by atoms with Gasteiger partial charge in [-0.2, -0.15) is 0 Å². The fourth-order valence-electron chi connectivity index (χ4n) is 4.10. The normalized spacial score (nSPS) is 13.5. The summed E-state index contributed by atoms with van der Waals surface area (Å²) in [5, 5.41) is 0.739. The SMILES string of the molecule is CCCC(N)(/C=C/P(=O)(OC)OC)CCCc1ccc(Sc2cccc(OCc3ccccc3)c2)cc1Cl. The summed E-state index contributed by atoms with van der Waals surface area (Å²) < 4.78 is 28.4. The van der Waals surface area contributed by atoms with E-state index in [0.717, 1.165) is 63.8 Å². The van der Waals surface area contributed by atoms with E-state index >= 15 is 0 Å². The van der Waals surface area contributed by atoms with Gasteiger partial charge >= 0.3 is 7.60 Å². The Morgan fingerprint density at radius 1 is 0.974 bits per heavy atom. The lowest BCUT2D eigenvalue weighted by molar-refractivity contribution is 0.285. The summed E-state index contributed by atoms with van der Waals surface area (Å²) in [6, 6.07) is 24.4. The van der Waals surface area contributed by atoms with E-state index in [9.17, 15) is 4.57 Å². The summed E-state index contributed by atoms with van der Waals surface area (Å²) in [5.41, 5.74) is 8.27. The van der Waals surface area contributed by atoms with Crippen molar-refractivity contribution in [3.63, 3.8) is 0 Å². The molecule has 5 nitrogen and oxygen atoms in total. The van der Waals surface area contributed by atoms with Gasteiger partial charge in [0, 0.05) is 40.4 Å². The average molecular weight is 574 g/mol. The van der Waals surface area contributed by atoms with Gasteiger partial charge in [-0.1, -0.05) is 85.2 Å². The minimum absolute atomic E-state index is 0.533. The monoisotopic (exact) mass is 573 g/mol. The van der Waals surface area contributed by atoms with Crippen molar-refractivity contribution in [1.82, 2.24) is 0 Å². The van der Waals surface area contributed by atoms with Gasteiger partial charge in [-0.05, 0) is 67.1 Å². The Morgan fingerprint density at radius 2 is 1.71 bits per heavy atom. The molecule has 2 N–H and O–H groups in total. The maximum atomic E-state index is 12.4. The van der Waals surface area contributed by atoms with Crippen LogP contribution in [0.5, 0.6) is 5.75 Å². The maximum Gasteiger partial charge on any atom is 0.353 e. The number of nitrogens with two attached hydrogens (primary N) is 1. The van der Waals surface area contributed by atoms with Gasteiger partial charge in [-0.25, -0.2) is 0 Å². The molecule has 0 amide bonds. The summed E-state index contributed by atoms with van der Waals surface area (Å²) in [4.78, 5) is 2.15. The highest BCUT2D eigenvalue weighted by Crippen LogP contribution is 2.48. The fraction of sp³-hybridized carbons (Fsp3) is 0.333. The van der Waals surface area contributed by atoms with Crippen LogP contribution in [-0.2, 0) is 26.6 Å². The van der Waals surface area contributed by atoms with Gasteiger partial charge in [-0.3, -0.25) is 4.57 Å². The van der Waals surface area contributed by atoms with Gasteiger partial charge in [0.2, 0.25) is 0 Å². The van der Waals surface area contributed by atoms with Crippen molar-refractivity contribution in [2.75, 3.05) is 14.2 Å². The first-order valence-electron chi connectivity index (χ1n) is 12.7. The molecule has 1 atom stereocenters. The van der Waals surface area contributed by atoms with E-state index in [-0.39, 0.29) is 0 Å². The lowest BCUT2D eigenvalue weighted by Crippen LogP contribution is -2.37. The summed E-state index contributed by atoms with van der Waals surface area (Å²) in [6.07, 6.45) is 5.84. The number of hydrogen-bond donors (Lipinski definition) is 1. The van der Waals surface area contributed by atoms with E-state index in [0.29, 0.717) is 6.61 Å². The van der Waals surface area contributed by atoms with Crippen LogP contribution < -0.4 is 10.5 Å². The van der Waals surface area contributed by atoms with Gasteiger partial charge < -0.3 is 19.5 Å². The Hall–Kier alpha value is -2.05. The lowest BCUT2D eigenvalue weighted by atomic mass is 9.88. The molecular formula is C30H37ClNO4PS. The van der Waals surface area contributed by atoms with Crippen molar-refractivity contribution in [2.24, 2.45) is 5.73 Å². The molecule has 0 aromatic heterocycles. The molecule has 0 bridgehead atoms. The van der Waals surface area contributed by atoms with E-state index in [1.807, 2.05) is 42.5 Å². The Labute approximate surface area is 236 Å². The van der Waals surface area contributed by atoms with Crippen LogP contribution in [0.25, 0.3) is 0 Å². The molecule has 204 valence electrons. The van der Waals surface area contributed by atoms with Crippen molar-refractivity contribution < 1.29 is 18.3 Å². The van der Waals surface area contributed by atoms with Crippen LogP contribution in [0, 0.1) is 0 Å². The number of halogens is 1. The second-order valence-electron chi connectivity index (χ2n) is 9.16. The second-order valence-corrected chi connectivity index (χ2v) is 12.8. The maximum absolute atomic E-state index is 12.4. The molecule has 0 aliphatic carbocycles. The van der Waals surface area contributed by atoms with Crippen molar-refractivity contribution in [1.29, 1.82) is 0 Å². The van der Waals surface area contributed by atoms with Crippen LogP contribution >= 0.6 is 31.0 Å². The summed E-state index contributed by atoms with van der Waals surface area (Å²) in [5.74, 6) is 2.31. The molecular weight excluding hydrogens is 537 g/mol. The van der Waals surface area contributed by atoms with Crippen LogP contribution in [-0.4, -0.2) is 19.8 Å². The Balaban J connectivity index is 1.57. The fourth-order valence-corrected chi connectivity index (χ4v) is 6.22. The molecule has 3 aromatic carbocycles. The number of hydrogen-bond acceptors (Lipinski definition) is 6. The van der Waals surface area contributed by atoms with Gasteiger partial charge in [-0.15, -0.1) is 0 Å². The van der Waals surface area contributed by atoms with Crippen LogP contribution in [0.3, 0.4) is 0 Å². The molecule has 8 heteroatoms. The first-order chi connectivity index (χ1) is 18.3. The molecule has 0 spiro atoms. The highest BCUT2D eigenvalue weighted by molar-refractivity contribution is 7.99. The molecule has 0 radical (unpaired) electrons. The third-order valence-corrected chi connectivity index (χ3v) is 9.08. The Kier molecular flexibility index (Phi) is 12.0. The first-order valence-corrected chi connectivity index (χ1v) is 15.5. The summed E-state index contributed by atoms with van der Waals surface area (Å²) in [6.45, 7) is 2.62. The Morgan fingerprint density at radius 3 is 2.39 bits per heavy atom. The van der Waals surface area contributed by atoms with Crippen molar-refractivity contribution in [3.8, 4) is 5.75 Å². The van der Waals surface area contributed by atoms with E-state index in [4.69, 9.17) is 31.1 Å². The van der Waals surface area contributed by atoms with Crippen molar-refractivity contribution >= 4 is 31.0 Å². The van der Waals surface area contributed by atoms with Gasteiger partial charge in [0.05, 0.1) is 0 Å². The van der Waals surface area contributed by atoms with E-state index in [1.165, 1.54) is 20.0 Å². The lowest BCUT2D eigenvalue weighted by Gasteiger charge is -2.26. The van der Waals surface area contributed by atoms with E-state index in [1.54, 1.807) is 17.8 Å². The van der Waals surface area contributed by atoms with Gasteiger partial charge in [0.25, 0.3) is 0 Å². The number of ether oxygens (including phenoxy) is 1. The minimum Gasteiger partial charge on any atom is -0.489 e. The zero-order valence-electron chi connectivity index (χ0n) is 22.3. The third-order valence-electron chi connectivity index (χ3n) is 6.22. The van der Waals surface area contributed by atoms with Crippen LogP contribution in [0.1, 0.15) is 43.7 Å². The zero-order chi connectivity index (χ0) is 27.4. The molecule has 0 aliphatic heterocycles. The average Bonchev–Trinajstić information content (AvgIpc) is 2.93. The van der Waals surface area contributed by atoms with Crippen molar-refractivity contribution in [3.05, 3.63) is 101 Å². The highest BCUT2D eigenvalue weighted by Gasteiger charge is 2.24. The minimum atomic E-state index is -3.25. The largest absolute Gasteiger partial charge is 0.489 e. The van der Waals surface area contributed by atoms with Crippen LogP contribution in [0.4, 0.5) is 0 Å². The number of aryl methyl sites for hydroxylation is 1. The van der Waals surface area contributed by atoms with E-state index < -0.39 is 13.1 Å². The smallest absolute Gasteiger partial charge is 0.353 e. The first kappa shape index (κ1) is 30.5. The second kappa shape index (κ2) is 14.9. The van der Waals surface area contributed by atoms with Gasteiger partial charge in [0.15, 0.2) is 0 Å². The summed E-state index contributed by atoms with van der Waals surface area (Å²) >= 11 is 8.31. The molecule has 3 aromatic rings. The summed E-state index contributed by atoms with van der Waals surface area (Å²) in [7, 11) is -0.511. The van der Waals surface area contributed by atoms with Gasteiger partial charge in [0.1, 0.15) is 12.4 Å². The third kappa shape index (κ3) is 9.60. The Bertz CT molecular complexity index is 1230. The number of rotatable bonds is 15. The molecule has 0 saturated heterocycles. The van der Waals surface area contributed by atoms with Crippen LogP contribution in [0.15, 0.2) is 94.5 Å². The number of benzene rings is 3. The topological polar surface area (TPSA) is 70.8 Å². The predicted octanol–water partition coefficient (Wildman–Crippen LogP) is 8.89. The van der Waals surface area contributed by atoms with Crippen LogP contribution in [0.2, 0.25) is 5.02 Å².